The minimum Gasteiger partial charge on any atom is -0.228 e. The molecule has 0 saturated heterocycles. The number of benzene rings is 9. The first-order chi connectivity index (χ1) is 31.7. The van der Waals surface area contributed by atoms with Gasteiger partial charge in [0.2, 0.25) is 0 Å². The molecule has 0 amide bonds. The van der Waals surface area contributed by atoms with Crippen LogP contribution >= 0.6 is 0 Å². The predicted octanol–water partition coefficient (Wildman–Crippen LogP) is 14.8. The van der Waals surface area contributed by atoms with Gasteiger partial charge in [-0.15, -0.1) is 0 Å². The molecule has 5 nitrogen and oxygen atoms in total. The molecule has 0 aliphatic rings. The van der Waals surface area contributed by atoms with Gasteiger partial charge in [0.1, 0.15) is 0 Å². The van der Waals surface area contributed by atoms with E-state index in [2.05, 4.69) is 140 Å². The van der Waals surface area contributed by atoms with Crippen molar-refractivity contribution in [2.45, 2.75) is 0 Å². The lowest BCUT2D eigenvalue weighted by Gasteiger charge is -2.18. The smallest absolute Gasteiger partial charge is 0.164 e. The Labute approximate surface area is 372 Å². The highest BCUT2D eigenvalue weighted by atomic mass is 15.0. The predicted molar refractivity (Wildman–Crippen MR) is 262 cm³/mol. The van der Waals surface area contributed by atoms with Crippen molar-refractivity contribution in [2.75, 3.05) is 0 Å². The molecule has 9 aromatic carbocycles. The van der Waals surface area contributed by atoms with Gasteiger partial charge in [0.05, 0.1) is 11.4 Å². The molecule has 11 aromatic rings. The van der Waals surface area contributed by atoms with Crippen molar-refractivity contribution in [3.05, 3.63) is 237 Å². The first-order valence-electron chi connectivity index (χ1n) is 21.4. The summed E-state index contributed by atoms with van der Waals surface area (Å²) in [6.45, 7) is 0. The Balaban J connectivity index is 1.04. The summed E-state index contributed by atoms with van der Waals surface area (Å²) in [4.78, 5) is 25.6. The van der Waals surface area contributed by atoms with Gasteiger partial charge in [-0.25, -0.2) is 24.9 Å². The fourth-order valence-corrected chi connectivity index (χ4v) is 8.48. The second-order valence-corrected chi connectivity index (χ2v) is 15.6. The van der Waals surface area contributed by atoms with Crippen LogP contribution in [0.3, 0.4) is 0 Å². The highest BCUT2D eigenvalue weighted by molar-refractivity contribution is 6.06. The Bertz CT molecular complexity index is 3290. The molecule has 0 bridgehead atoms. The normalized spacial score (nSPS) is 11.1. The molecular formula is C59H39N5. The average Bonchev–Trinajstić information content (AvgIpc) is 3.39. The Morgan fingerprint density at radius 2 is 0.625 bits per heavy atom. The van der Waals surface area contributed by atoms with Gasteiger partial charge in [0.25, 0.3) is 0 Å². The Morgan fingerprint density at radius 3 is 1.19 bits per heavy atom. The standard InChI is InChI=1S/C59H39N5/c1-5-20-42(21-6-1)53-39-54(43-22-7-2-8-23-43)61-58(60-53)51-31-17-15-28-47(51)41-33-35-44(36-34-41)55-48-29-14-13-19-40(48)37-38-50(55)49-30-16-18-32-52(49)59-63-56(45-24-9-3-10-25-45)62-57(64-59)46-26-11-4-12-27-46/h1-39H. The Kier molecular flexibility index (Phi) is 10.2. The summed E-state index contributed by atoms with van der Waals surface area (Å²) in [6, 6.07) is 81.8. The van der Waals surface area contributed by atoms with E-state index < -0.39 is 0 Å². The Hall–Kier alpha value is -8.67. The maximum absolute atomic E-state index is 5.18. The van der Waals surface area contributed by atoms with E-state index >= 15 is 0 Å². The summed E-state index contributed by atoms with van der Waals surface area (Å²) >= 11 is 0. The molecule has 300 valence electrons. The number of fused-ring (bicyclic) bond motifs is 1. The van der Waals surface area contributed by atoms with Crippen molar-refractivity contribution in [1.82, 2.24) is 24.9 Å². The van der Waals surface area contributed by atoms with E-state index in [-0.39, 0.29) is 0 Å². The number of aromatic nitrogens is 5. The van der Waals surface area contributed by atoms with E-state index in [9.17, 15) is 0 Å². The molecular weight excluding hydrogens is 779 g/mol. The molecule has 0 N–H and O–H groups in total. The number of hydrogen-bond donors (Lipinski definition) is 0. The molecule has 0 fully saturated rings. The van der Waals surface area contributed by atoms with E-state index in [1.807, 2.05) is 97.1 Å². The number of hydrogen-bond acceptors (Lipinski definition) is 5. The van der Waals surface area contributed by atoms with Gasteiger partial charge in [-0.3, -0.25) is 0 Å². The van der Waals surface area contributed by atoms with Crippen molar-refractivity contribution in [2.24, 2.45) is 0 Å². The molecule has 0 atom stereocenters. The van der Waals surface area contributed by atoms with Crippen LogP contribution in [0.2, 0.25) is 0 Å². The van der Waals surface area contributed by atoms with Gasteiger partial charge in [0, 0.05) is 33.4 Å². The lowest BCUT2D eigenvalue weighted by atomic mass is 9.87. The third-order valence-corrected chi connectivity index (χ3v) is 11.6. The summed E-state index contributed by atoms with van der Waals surface area (Å²) in [6.07, 6.45) is 0. The maximum atomic E-state index is 5.18. The molecule has 0 radical (unpaired) electrons. The van der Waals surface area contributed by atoms with Crippen molar-refractivity contribution in [3.63, 3.8) is 0 Å². The summed E-state index contributed by atoms with van der Waals surface area (Å²) in [7, 11) is 0. The maximum Gasteiger partial charge on any atom is 0.164 e. The molecule has 2 heterocycles. The van der Waals surface area contributed by atoms with Crippen LogP contribution in [0.25, 0.3) is 112 Å². The highest BCUT2D eigenvalue weighted by Crippen LogP contribution is 2.43. The summed E-state index contributed by atoms with van der Waals surface area (Å²) in [5, 5.41) is 2.32. The first kappa shape index (κ1) is 38.3. The van der Waals surface area contributed by atoms with Crippen LogP contribution in [-0.2, 0) is 0 Å². The quantitative estimate of drug-likeness (QED) is 0.145. The second kappa shape index (κ2) is 17.0. The van der Waals surface area contributed by atoms with Crippen LogP contribution in [0.4, 0.5) is 0 Å². The molecule has 11 rings (SSSR count). The minimum atomic E-state index is 0.614. The van der Waals surface area contributed by atoms with E-state index in [0.717, 1.165) is 88.9 Å². The zero-order chi connectivity index (χ0) is 42.7. The average molecular weight is 818 g/mol. The van der Waals surface area contributed by atoms with Gasteiger partial charge in [-0.05, 0) is 50.2 Å². The number of nitrogens with zero attached hydrogens (tertiary/aromatic N) is 5. The molecule has 64 heavy (non-hydrogen) atoms. The highest BCUT2D eigenvalue weighted by Gasteiger charge is 2.20. The van der Waals surface area contributed by atoms with Crippen molar-refractivity contribution in [1.29, 1.82) is 0 Å². The van der Waals surface area contributed by atoms with Crippen LogP contribution in [0.15, 0.2) is 237 Å². The SMILES string of the molecule is c1ccc(-c2cc(-c3ccccc3)nc(-c3ccccc3-c3ccc(-c4c(-c5ccccc5-c5nc(-c6ccccc6)nc(-c6ccccc6)n5)ccc5ccccc45)cc3)n2)cc1. The summed E-state index contributed by atoms with van der Waals surface area (Å²) in [5.74, 6) is 2.55. The molecule has 5 heteroatoms. The van der Waals surface area contributed by atoms with Gasteiger partial charge in [-0.1, -0.05) is 231 Å². The largest absolute Gasteiger partial charge is 0.228 e. The van der Waals surface area contributed by atoms with Crippen LogP contribution in [0.5, 0.6) is 0 Å². The molecule has 0 spiro atoms. The summed E-state index contributed by atoms with van der Waals surface area (Å²) in [5.41, 5.74) is 14.1. The van der Waals surface area contributed by atoms with Gasteiger partial charge in [0.15, 0.2) is 23.3 Å². The van der Waals surface area contributed by atoms with Crippen molar-refractivity contribution < 1.29 is 0 Å². The first-order valence-corrected chi connectivity index (χ1v) is 21.4. The van der Waals surface area contributed by atoms with Crippen molar-refractivity contribution >= 4 is 10.8 Å². The second-order valence-electron chi connectivity index (χ2n) is 15.6. The minimum absolute atomic E-state index is 0.614. The van der Waals surface area contributed by atoms with Crippen LogP contribution in [0, 0.1) is 0 Å². The Morgan fingerprint density at radius 1 is 0.219 bits per heavy atom. The van der Waals surface area contributed by atoms with Crippen LogP contribution in [-0.4, -0.2) is 24.9 Å². The van der Waals surface area contributed by atoms with Gasteiger partial charge >= 0.3 is 0 Å². The molecule has 2 aromatic heterocycles. The van der Waals surface area contributed by atoms with Gasteiger partial charge < -0.3 is 0 Å². The molecule has 0 unspecified atom stereocenters. The van der Waals surface area contributed by atoms with Crippen LogP contribution < -0.4 is 0 Å². The monoisotopic (exact) mass is 817 g/mol. The van der Waals surface area contributed by atoms with E-state index in [0.29, 0.717) is 23.3 Å². The lowest BCUT2D eigenvalue weighted by Crippen LogP contribution is -2.01. The topological polar surface area (TPSA) is 64.5 Å². The third-order valence-electron chi connectivity index (χ3n) is 11.6. The fourth-order valence-electron chi connectivity index (χ4n) is 8.48. The molecule has 0 aliphatic heterocycles. The van der Waals surface area contributed by atoms with E-state index in [1.54, 1.807) is 0 Å². The lowest BCUT2D eigenvalue weighted by molar-refractivity contribution is 1.07. The molecule has 0 saturated carbocycles. The number of rotatable bonds is 9. The molecule has 0 aliphatic carbocycles. The summed E-state index contributed by atoms with van der Waals surface area (Å²) < 4.78 is 0. The zero-order valence-electron chi connectivity index (χ0n) is 34.8. The fraction of sp³-hybridized carbons (Fsp3) is 0. The third kappa shape index (κ3) is 7.52. The van der Waals surface area contributed by atoms with Gasteiger partial charge in [-0.2, -0.15) is 0 Å². The van der Waals surface area contributed by atoms with Crippen LogP contribution in [0.1, 0.15) is 0 Å². The van der Waals surface area contributed by atoms with E-state index in [4.69, 9.17) is 24.9 Å². The van der Waals surface area contributed by atoms with Crippen molar-refractivity contribution in [3.8, 4) is 101 Å². The van der Waals surface area contributed by atoms with E-state index in [1.165, 1.54) is 0 Å². The zero-order valence-corrected chi connectivity index (χ0v) is 34.8.